The fourth-order valence-electron chi connectivity index (χ4n) is 4.06. The smallest absolute Gasteiger partial charge is 0.141 e. The summed E-state index contributed by atoms with van der Waals surface area (Å²) in [6.45, 7) is 6.41. The number of carbonyl (C=O) groups is 1. The summed E-state index contributed by atoms with van der Waals surface area (Å²) >= 11 is 0. The van der Waals surface area contributed by atoms with Gasteiger partial charge in [0, 0.05) is 25.2 Å². The Bertz CT molecular complexity index is 504. The van der Waals surface area contributed by atoms with E-state index in [2.05, 4.69) is 36.9 Å². The van der Waals surface area contributed by atoms with Crippen LogP contribution < -0.4 is 4.90 Å². The van der Waals surface area contributed by atoms with Gasteiger partial charge in [0.25, 0.3) is 0 Å². The van der Waals surface area contributed by atoms with Crippen molar-refractivity contribution >= 4 is 11.5 Å². The van der Waals surface area contributed by atoms with Crippen LogP contribution in [-0.4, -0.2) is 18.9 Å². The maximum atomic E-state index is 12.5. The first-order valence-corrected chi connectivity index (χ1v) is 8.18. The molecule has 0 saturated heterocycles. The molecule has 1 aromatic carbocycles. The molecule has 0 N–H and O–H groups in total. The Kier molecular flexibility index (Phi) is 3.82. The molecule has 0 heterocycles. The molecule has 2 heteroatoms. The molecule has 0 aliphatic heterocycles. The highest BCUT2D eigenvalue weighted by atomic mass is 16.1. The average Bonchev–Trinajstić information content (AvgIpc) is 2.43. The van der Waals surface area contributed by atoms with Gasteiger partial charge < -0.3 is 4.90 Å². The number of nitrogens with zero attached hydrogens (tertiary/aromatic N) is 1. The van der Waals surface area contributed by atoms with Crippen molar-refractivity contribution < 1.29 is 4.79 Å². The van der Waals surface area contributed by atoms with Crippen LogP contribution >= 0.6 is 0 Å². The van der Waals surface area contributed by atoms with Crippen molar-refractivity contribution in [3.63, 3.8) is 0 Å². The van der Waals surface area contributed by atoms with Crippen LogP contribution in [0.15, 0.2) is 18.2 Å². The van der Waals surface area contributed by atoms with Crippen LogP contribution in [0.4, 0.5) is 5.69 Å². The van der Waals surface area contributed by atoms with Gasteiger partial charge in [-0.05, 0) is 49.8 Å². The summed E-state index contributed by atoms with van der Waals surface area (Å²) in [6.07, 6.45) is 5.58. The molecule has 2 aliphatic carbocycles. The molecule has 2 aliphatic rings. The highest BCUT2D eigenvalue weighted by molar-refractivity contribution is 5.92. The van der Waals surface area contributed by atoms with Crippen molar-refractivity contribution in [3.8, 4) is 0 Å². The number of hydrogen-bond donors (Lipinski definition) is 0. The van der Waals surface area contributed by atoms with Crippen molar-refractivity contribution in [2.75, 3.05) is 18.0 Å². The SMILES string of the molecule is CCN(CC)c1cccc2c1C1C(=O)CCCCCC21. The van der Waals surface area contributed by atoms with Gasteiger partial charge in [0.05, 0.1) is 5.92 Å². The van der Waals surface area contributed by atoms with Crippen molar-refractivity contribution in [2.24, 2.45) is 0 Å². The van der Waals surface area contributed by atoms with Gasteiger partial charge in [0.15, 0.2) is 0 Å². The zero-order chi connectivity index (χ0) is 14.1. The minimum absolute atomic E-state index is 0.196. The fraction of sp³-hybridized carbons (Fsp3) is 0.611. The predicted molar refractivity (Wildman–Crippen MR) is 83.6 cm³/mol. The van der Waals surface area contributed by atoms with E-state index in [1.54, 1.807) is 0 Å². The topological polar surface area (TPSA) is 20.3 Å². The second-order valence-corrected chi connectivity index (χ2v) is 6.10. The van der Waals surface area contributed by atoms with Crippen molar-refractivity contribution in [2.45, 2.75) is 57.8 Å². The third-order valence-corrected chi connectivity index (χ3v) is 5.12. The van der Waals surface area contributed by atoms with Crippen molar-refractivity contribution in [3.05, 3.63) is 29.3 Å². The Hall–Kier alpha value is -1.31. The summed E-state index contributed by atoms with van der Waals surface area (Å²) in [4.78, 5) is 14.9. The summed E-state index contributed by atoms with van der Waals surface area (Å²) in [5.74, 6) is 1.19. The average molecular weight is 271 g/mol. The predicted octanol–water partition coefficient (Wildman–Crippen LogP) is 4.25. The first-order valence-electron chi connectivity index (χ1n) is 8.18. The molecule has 1 saturated carbocycles. The monoisotopic (exact) mass is 271 g/mol. The maximum Gasteiger partial charge on any atom is 0.141 e. The van der Waals surface area contributed by atoms with E-state index in [1.807, 2.05) is 0 Å². The van der Waals surface area contributed by atoms with Crippen LogP contribution in [0.25, 0.3) is 0 Å². The molecule has 1 aromatic rings. The molecule has 0 amide bonds. The Labute approximate surface area is 122 Å². The molecular formula is C18H25NO. The van der Waals surface area contributed by atoms with Gasteiger partial charge >= 0.3 is 0 Å². The third-order valence-electron chi connectivity index (χ3n) is 5.12. The van der Waals surface area contributed by atoms with Gasteiger partial charge in [-0.2, -0.15) is 0 Å². The standard InChI is InChI=1S/C18H25NO/c1-3-19(4-2)15-11-8-10-13-14-9-6-5-7-12-16(20)18(14)17(13)15/h8,10-11,14,18H,3-7,9,12H2,1-2H3. The number of anilines is 1. The van der Waals surface area contributed by atoms with Gasteiger partial charge in [-0.15, -0.1) is 0 Å². The molecule has 0 bridgehead atoms. The normalized spacial score (nSPS) is 25.0. The number of hydrogen-bond acceptors (Lipinski definition) is 2. The van der Waals surface area contributed by atoms with Gasteiger partial charge in [0.1, 0.15) is 5.78 Å². The van der Waals surface area contributed by atoms with Crippen molar-refractivity contribution in [1.82, 2.24) is 0 Å². The molecule has 20 heavy (non-hydrogen) atoms. The minimum atomic E-state index is 0.196. The van der Waals surface area contributed by atoms with Crippen LogP contribution in [-0.2, 0) is 4.79 Å². The molecule has 2 unspecified atom stereocenters. The summed E-state index contributed by atoms with van der Waals surface area (Å²) in [5, 5.41) is 0. The van der Waals surface area contributed by atoms with Gasteiger partial charge in [-0.25, -0.2) is 0 Å². The van der Waals surface area contributed by atoms with E-state index < -0.39 is 0 Å². The first-order chi connectivity index (χ1) is 9.77. The molecule has 2 atom stereocenters. The number of Topliss-reactive ketones (excluding diaryl/α,β-unsaturated/α-hetero) is 1. The lowest BCUT2D eigenvalue weighted by atomic mass is 9.62. The largest absolute Gasteiger partial charge is 0.372 e. The lowest BCUT2D eigenvalue weighted by molar-refractivity contribution is -0.122. The summed E-state index contributed by atoms with van der Waals surface area (Å²) < 4.78 is 0. The second kappa shape index (κ2) is 5.59. The maximum absolute atomic E-state index is 12.5. The second-order valence-electron chi connectivity index (χ2n) is 6.10. The van der Waals surface area contributed by atoms with E-state index in [0.29, 0.717) is 11.7 Å². The van der Waals surface area contributed by atoms with Gasteiger partial charge in [-0.1, -0.05) is 25.0 Å². The Balaban J connectivity index is 2.01. The highest BCUT2D eigenvalue weighted by Crippen LogP contribution is 2.54. The van der Waals surface area contributed by atoms with Gasteiger partial charge in [-0.3, -0.25) is 4.79 Å². The molecule has 0 aromatic heterocycles. The first kappa shape index (κ1) is 13.7. The van der Waals surface area contributed by atoms with Crippen molar-refractivity contribution in [1.29, 1.82) is 0 Å². The number of ketones is 1. The van der Waals surface area contributed by atoms with Crippen LogP contribution in [0.5, 0.6) is 0 Å². The van der Waals surface area contributed by atoms with E-state index in [9.17, 15) is 4.79 Å². The van der Waals surface area contributed by atoms with E-state index in [1.165, 1.54) is 36.1 Å². The van der Waals surface area contributed by atoms with Gasteiger partial charge in [0.2, 0.25) is 0 Å². The fourth-order valence-corrected chi connectivity index (χ4v) is 4.06. The lowest BCUT2D eigenvalue weighted by Crippen LogP contribution is -2.35. The molecular weight excluding hydrogens is 246 g/mol. The Morgan fingerprint density at radius 1 is 1.15 bits per heavy atom. The third kappa shape index (κ3) is 2.06. The zero-order valence-electron chi connectivity index (χ0n) is 12.7. The zero-order valence-corrected chi connectivity index (χ0v) is 12.7. The van der Waals surface area contributed by atoms with E-state index >= 15 is 0 Å². The number of carbonyl (C=O) groups excluding carboxylic acids is 1. The summed E-state index contributed by atoms with van der Waals surface area (Å²) in [7, 11) is 0. The number of rotatable bonds is 3. The van der Waals surface area contributed by atoms with Crippen LogP contribution in [0.2, 0.25) is 0 Å². The van der Waals surface area contributed by atoms with E-state index in [0.717, 1.165) is 25.9 Å². The van der Waals surface area contributed by atoms with Crippen LogP contribution in [0, 0.1) is 0 Å². The quantitative estimate of drug-likeness (QED) is 0.819. The summed E-state index contributed by atoms with van der Waals surface area (Å²) in [5.41, 5.74) is 4.12. The van der Waals surface area contributed by atoms with E-state index in [-0.39, 0.29) is 5.92 Å². The molecule has 1 fully saturated rings. The van der Waals surface area contributed by atoms with Crippen LogP contribution in [0.1, 0.15) is 68.9 Å². The summed E-state index contributed by atoms with van der Waals surface area (Å²) in [6, 6.07) is 6.62. The Morgan fingerprint density at radius 3 is 2.70 bits per heavy atom. The Morgan fingerprint density at radius 2 is 1.95 bits per heavy atom. The minimum Gasteiger partial charge on any atom is -0.372 e. The molecule has 3 rings (SSSR count). The molecule has 2 nitrogen and oxygen atoms in total. The highest BCUT2D eigenvalue weighted by Gasteiger charge is 2.43. The number of benzene rings is 1. The molecule has 0 radical (unpaired) electrons. The molecule has 108 valence electrons. The lowest BCUT2D eigenvalue weighted by Gasteiger charge is -2.43. The molecule has 0 spiro atoms. The van der Waals surface area contributed by atoms with Crippen LogP contribution in [0.3, 0.4) is 0 Å². The number of fused-ring (bicyclic) bond motifs is 4. The van der Waals surface area contributed by atoms with E-state index in [4.69, 9.17) is 0 Å².